The first-order valence-electron chi connectivity index (χ1n) is 4.18. The number of nitrogens with zero attached hydrogens (tertiary/aromatic N) is 1. The van der Waals surface area contributed by atoms with Gasteiger partial charge >= 0.3 is 0 Å². The molecule has 0 radical (unpaired) electrons. The minimum atomic E-state index is 0.854. The number of nitrogens with one attached hydrogen (secondary N) is 1. The molecule has 0 atom stereocenters. The highest BCUT2D eigenvalue weighted by Crippen LogP contribution is 2.21. The van der Waals surface area contributed by atoms with Crippen molar-refractivity contribution in [3.63, 3.8) is 0 Å². The number of thiophene rings is 1. The Bertz CT molecular complexity index is 383. The summed E-state index contributed by atoms with van der Waals surface area (Å²) in [6.45, 7) is 1.77. The summed E-state index contributed by atoms with van der Waals surface area (Å²) in [6.07, 6.45) is 1.84. The Morgan fingerprint density at radius 1 is 1.36 bits per heavy atom. The molecule has 0 aliphatic heterocycles. The van der Waals surface area contributed by atoms with Crippen molar-refractivity contribution in [1.82, 2.24) is 10.3 Å². The Kier molecular flexibility index (Phi) is 3.69. The first-order chi connectivity index (χ1) is 6.84. The van der Waals surface area contributed by atoms with Crippen molar-refractivity contribution in [3.8, 4) is 0 Å². The fourth-order valence-corrected chi connectivity index (χ4v) is 3.12. The van der Waals surface area contributed by atoms with Crippen molar-refractivity contribution in [2.75, 3.05) is 0 Å². The van der Waals surface area contributed by atoms with Gasteiger partial charge in [0, 0.05) is 29.5 Å². The molecule has 0 aliphatic rings. The van der Waals surface area contributed by atoms with Crippen LogP contribution in [0.2, 0.25) is 0 Å². The van der Waals surface area contributed by atoms with Gasteiger partial charge in [-0.15, -0.1) is 22.7 Å². The van der Waals surface area contributed by atoms with Gasteiger partial charge in [-0.2, -0.15) is 0 Å². The van der Waals surface area contributed by atoms with Crippen LogP contribution in [0, 0.1) is 0 Å². The third-order valence-corrected chi connectivity index (χ3v) is 4.09. The van der Waals surface area contributed by atoms with E-state index in [1.165, 1.54) is 8.66 Å². The van der Waals surface area contributed by atoms with Crippen molar-refractivity contribution in [1.29, 1.82) is 0 Å². The molecule has 0 saturated heterocycles. The molecule has 5 heteroatoms. The number of halogens is 1. The molecule has 0 aromatic carbocycles. The number of rotatable bonds is 4. The van der Waals surface area contributed by atoms with Crippen LogP contribution in [0.15, 0.2) is 27.5 Å². The second-order valence-electron chi connectivity index (χ2n) is 2.74. The Labute approximate surface area is 99.1 Å². The van der Waals surface area contributed by atoms with Gasteiger partial charge in [0.15, 0.2) is 0 Å². The standard InChI is InChI=1S/C9H9BrN2S2/c10-8-2-1-7(14-8)5-11-6-9-12-3-4-13-9/h1-4,11H,5-6H2. The van der Waals surface area contributed by atoms with Gasteiger partial charge in [0.1, 0.15) is 5.01 Å². The summed E-state index contributed by atoms with van der Waals surface area (Å²) < 4.78 is 1.18. The maximum atomic E-state index is 4.20. The normalized spacial score (nSPS) is 10.6. The summed E-state index contributed by atoms with van der Waals surface area (Å²) in [6, 6.07) is 4.20. The first kappa shape index (κ1) is 10.3. The van der Waals surface area contributed by atoms with E-state index in [2.05, 4.69) is 38.4 Å². The number of hydrogen-bond donors (Lipinski definition) is 1. The van der Waals surface area contributed by atoms with Crippen molar-refractivity contribution >= 4 is 38.6 Å². The van der Waals surface area contributed by atoms with Crippen LogP contribution in [0.3, 0.4) is 0 Å². The van der Waals surface area contributed by atoms with E-state index in [0.717, 1.165) is 18.1 Å². The number of hydrogen-bond acceptors (Lipinski definition) is 4. The minimum Gasteiger partial charge on any atom is -0.306 e. The molecule has 2 aromatic rings. The molecule has 0 bridgehead atoms. The third-order valence-electron chi connectivity index (χ3n) is 1.69. The quantitative estimate of drug-likeness (QED) is 0.934. The minimum absolute atomic E-state index is 0.854. The lowest BCUT2D eigenvalue weighted by atomic mass is 10.4. The van der Waals surface area contributed by atoms with E-state index in [-0.39, 0.29) is 0 Å². The summed E-state index contributed by atoms with van der Waals surface area (Å²) in [5.74, 6) is 0. The molecular formula is C9H9BrN2S2. The molecule has 2 rings (SSSR count). The van der Waals surface area contributed by atoms with Crippen molar-refractivity contribution in [2.24, 2.45) is 0 Å². The highest BCUT2D eigenvalue weighted by atomic mass is 79.9. The Morgan fingerprint density at radius 2 is 2.29 bits per heavy atom. The molecule has 74 valence electrons. The van der Waals surface area contributed by atoms with Crippen molar-refractivity contribution in [2.45, 2.75) is 13.1 Å². The predicted octanol–water partition coefficient (Wildman–Crippen LogP) is 3.26. The summed E-state index contributed by atoms with van der Waals surface area (Å²) >= 11 is 6.89. The fraction of sp³-hybridized carbons (Fsp3) is 0.222. The molecule has 2 heterocycles. The van der Waals surface area contributed by atoms with Gasteiger partial charge in [0.2, 0.25) is 0 Å². The topological polar surface area (TPSA) is 24.9 Å². The van der Waals surface area contributed by atoms with E-state index in [4.69, 9.17) is 0 Å². The number of thiazole rings is 1. The average molecular weight is 289 g/mol. The second kappa shape index (κ2) is 5.02. The molecule has 0 unspecified atom stereocenters. The zero-order valence-electron chi connectivity index (χ0n) is 7.37. The monoisotopic (exact) mass is 288 g/mol. The van der Waals surface area contributed by atoms with Crippen molar-refractivity contribution < 1.29 is 0 Å². The van der Waals surface area contributed by atoms with Gasteiger partial charge in [-0.05, 0) is 28.1 Å². The van der Waals surface area contributed by atoms with Crippen molar-refractivity contribution in [3.05, 3.63) is 37.4 Å². The maximum absolute atomic E-state index is 4.20. The van der Waals surface area contributed by atoms with Crippen LogP contribution in [0.25, 0.3) is 0 Å². The van der Waals surface area contributed by atoms with Crippen LogP contribution >= 0.6 is 38.6 Å². The molecule has 0 fully saturated rings. The van der Waals surface area contributed by atoms with Crippen LogP contribution in [0.5, 0.6) is 0 Å². The molecular weight excluding hydrogens is 280 g/mol. The Morgan fingerprint density at radius 3 is 2.93 bits per heavy atom. The fourth-order valence-electron chi connectivity index (χ4n) is 1.08. The van der Waals surface area contributed by atoms with E-state index in [1.54, 1.807) is 22.7 Å². The largest absolute Gasteiger partial charge is 0.306 e. The smallest absolute Gasteiger partial charge is 0.106 e. The predicted molar refractivity (Wildman–Crippen MR) is 64.7 cm³/mol. The van der Waals surface area contributed by atoms with Crippen LogP contribution in [0.1, 0.15) is 9.88 Å². The van der Waals surface area contributed by atoms with Gasteiger partial charge in [-0.3, -0.25) is 0 Å². The highest BCUT2D eigenvalue weighted by Gasteiger charge is 1.98. The molecule has 2 nitrogen and oxygen atoms in total. The average Bonchev–Trinajstić information content (AvgIpc) is 2.77. The van der Waals surface area contributed by atoms with Gasteiger partial charge in [0.05, 0.1) is 3.79 Å². The summed E-state index contributed by atoms with van der Waals surface area (Å²) in [5.41, 5.74) is 0. The summed E-state index contributed by atoms with van der Waals surface area (Å²) in [4.78, 5) is 5.54. The van der Waals surface area contributed by atoms with Gasteiger partial charge in [-0.25, -0.2) is 4.98 Å². The Balaban J connectivity index is 1.78. The molecule has 0 saturated carbocycles. The van der Waals surface area contributed by atoms with Gasteiger partial charge in [0.25, 0.3) is 0 Å². The van der Waals surface area contributed by atoms with Gasteiger partial charge < -0.3 is 5.32 Å². The van der Waals surface area contributed by atoms with E-state index < -0.39 is 0 Å². The van der Waals surface area contributed by atoms with Gasteiger partial charge in [-0.1, -0.05) is 0 Å². The van der Waals surface area contributed by atoms with Crippen LogP contribution in [-0.4, -0.2) is 4.98 Å². The van der Waals surface area contributed by atoms with E-state index in [1.807, 2.05) is 11.6 Å². The van der Waals surface area contributed by atoms with Crippen LogP contribution in [-0.2, 0) is 13.1 Å². The lowest BCUT2D eigenvalue weighted by molar-refractivity contribution is 0.697. The highest BCUT2D eigenvalue weighted by molar-refractivity contribution is 9.11. The lowest BCUT2D eigenvalue weighted by Crippen LogP contribution is -2.11. The SMILES string of the molecule is Brc1ccc(CNCc2nccs2)s1. The second-order valence-corrected chi connectivity index (χ2v) is 6.26. The summed E-state index contributed by atoms with van der Waals surface area (Å²) in [5, 5.41) is 6.49. The van der Waals surface area contributed by atoms with E-state index in [9.17, 15) is 0 Å². The Hall–Kier alpha value is -0.230. The molecule has 0 spiro atoms. The molecule has 2 aromatic heterocycles. The molecule has 0 aliphatic carbocycles. The molecule has 0 amide bonds. The zero-order chi connectivity index (χ0) is 9.80. The first-order valence-corrected chi connectivity index (χ1v) is 6.67. The summed E-state index contributed by atoms with van der Waals surface area (Å²) in [7, 11) is 0. The lowest BCUT2D eigenvalue weighted by Gasteiger charge is -1.98. The van der Waals surface area contributed by atoms with E-state index in [0.29, 0.717) is 0 Å². The third kappa shape index (κ3) is 2.88. The molecule has 1 N–H and O–H groups in total. The maximum Gasteiger partial charge on any atom is 0.106 e. The van der Waals surface area contributed by atoms with Crippen LogP contribution < -0.4 is 5.32 Å². The number of aromatic nitrogens is 1. The zero-order valence-corrected chi connectivity index (χ0v) is 10.6. The van der Waals surface area contributed by atoms with E-state index >= 15 is 0 Å². The molecule has 14 heavy (non-hydrogen) atoms. The van der Waals surface area contributed by atoms with Crippen LogP contribution in [0.4, 0.5) is 0 Å².